The second kappa shape index (κ2) is 4.58. The van der Waals surface area contributed by atoms with Crippen molar-refractivity contribution in [2.45, 2.75) is 23.4 Å². The minimum atomic E-state index is -5.62. The number of hydrogen-bond acceptors (Lipinski definition) is 3. The highest BCUT2D eigenvalue weighted by atomic mass is 32.2. The van der Waals surface area contributed by atoms with Crippen molar-refractivity contribution in [3.63, 3.8) is 0 Å². The Bertz CT molecular complexity index is 672. The fourth-order valence-electron chi connectivity index (χ4n) is 1.90. The van der Waals surface area contributed by atoms with Gasteiger partial charge in [0.1, 0.15) is 11.0 Å². The minimum Gasteiger partial charge on any atom is -0.368 e. The van der Waals surface area contributed by atoms with Gasteiger partial charge in [0, 0.05) is 0 Å². The van der Waals surface area contributed by atoms with Crippen LogP contribution in [0.3, 0.4) is 0 Å². The van der Waals surface area contributed by atoms with Crippen molar-refractivity contribution in [1.29, 1.82) is 0 Å². The molecule has 1 aliphatic rings. The summed E-state index contributed by atoms with van der Waals surface area (Å²) in [6, 6.07) is 0.837. The predicted molar refractivity (Wildman–Crippen MR) is 55.0 cm³/mol. The Balaban J connectivity index is 2.91. The summed E-state index contributed by atoms with van der Waals surface area (Å²) < 4.78 is 113. The quantitative estimate of drug-likeness (QED) is 0.512. The Morgan fingerprint density at radius 1 is 1.05 bits per heavy atom. The molecule has 0 aromatic heterocycles. The summed E-state index contributed by atoms with van der Waals surface area (Å²) in [6.45, 7) is -0.203. The number of rotatable bonds is 2. The van der Waals surface area contributed by atoms with E-state index in [2.05, 4.69) is 4.74 Å². The third kappa shape index (κ3) is 3.14. The smallest absolute Gasteiger partial charge is 0.368 e. The second-order valence-electron chi connectivity index (χ2n) is 4.20. The van der Waals surface area contributed by atoms with Crippen LogP contribution in [0, 0.1) is 0 Å². The van der Waals surface area contributed by atoms with Gasteiger partial charge >= 0.3 is 12.4 Å². The summed E-state index contributed by atoms with van der Waals surface area (Å²) >= 11 is 0. The zero-order valence-electron chi connectivity index (χ0n) is 9.79. The van der Waals surface area contributed by atoms with E-state index in [4.69, 9.17) is 4.55 Å². The lowest BCUT2D eigenvalue weighted by Gasteiger charge is -2.20. The van der Waals surface area contributed by atoms with E-state index in [-0.39, 0.29) is 12.7 Å². The Morgan fingerprint density at radius 2 is 1.52 bits per heavy atom. The molecule has 1 heterocycles. The van der Waals surface area contributed by atoms with E-state index in [9.17, 15) is 34.8 Å². The maximum absolute atomic E-state index is 13.0. The second-order valence-corrected chi connectivity index (χ2v) is 5.59. The molecule has 11 heteroatoms. The molecule has 1 aliphatic heterocycles. The predicted octanol–water partition coefficient (Wildman–Crippen LogP) is 3.04. The van der Waals surface area contributed by atoms with Crippen molar-refractivity contribution in [3.05, 3.63) is 28.8 Å². The molecule has 0 bridgehead atoms. The van der Waals surface area contributed by atoms with E-state index in [1.54, 1.807) is 0 Å². The summed E-state index contributed by atoms with van der Waals surface area (Å²) in [6.07, 6.45) is -12.3. The van der Waals surface area contributed by atoms with Gasteiger partial charge in [0.05, 0.1) is 17.7 Å². The maximum atomic E-state index is 13.0. The third-order valence-corrected chi connectivity index (χ3v) is 3.62. The van der Waals surface area contributed by atoms with Crippen LogP contribution in [0.4, 0.5) is 26.3 Å². The molecule has 1 aromatic rings. The number of halogens is 6. The first-order valence-corrected chi connectivity index (χ1v) is 6.68. The third-order valence-electron chi connectivity index (χ3n) is 2.72. The molecule has 4 nitrogen and oxygen atoms in total. The van der Waals surface area contributed by atoms with Crippen molar-refractivity contribution in [3.8, 4) is 0 Å². The van der Waals surface area contributed by atoms with Gasteiger partial charge < -0.3 is 4.74 Å². The minimum absolute atomic E-state index is 0.203. The highest BCUT2D eigenvalue weighted by Crippen LogP contribution is 2.48. The molecule has 1 fully saturated rings. The van der Waals surface area contributed by atoms with E-state index in [0.717, 1.165) is 0 Å². The molecule has 1 unspecified atom stereocenters. The van der Waals surface area contributed by atoms with Gasteiger partial charge in [-0.15, -0.1) is 0 Å². The van der Waals surface area contributed by atoms with Crippen LogP contribution in [0.2, 0.25) is 0 Å². The number of hydrogen-bond donors (Lipinski definition) is 1. The van der Waals surface area contributed by atoms with E-state index in [1.807, 2.05) is 0 Å². The summed E-state index contributed by atoms with van der Waals surface area (Å²) in [4.78, 5) is -1.84. The Hall–Kier alpha value is -1.33. The number of epoxide rings is 1. The van der Waals surface area contributed by atoms with E-state index in [0.29, 0.717) is 6.07 Å². The van der Waals surface area contributed by atoms with Crippen molar-refractivity contribution in [1.82, 2.24) is 0 Å². The van der Waals surface area contributed by atoms with Crippen LogP contribution in [-0.2, 0) is 27.2 Å². The van der Waals surface area contributed by atoms with Crippen LogP contribution in [-0.4, -0.2) is 19.6 Å². The van der Waals surface area contributed by atoms with Crippen LogP contribution >= 0.6 is 0 Å². The first-order chi connectivity index (χ1) is 9.33. The Kier molecular flexibility index (Phi) is 3.50. The van der Waals surface area contributed by atoms with Crippen LogP contribution in [0.25, 0.3) is 0 Å². The monoisotopic (exact) mass is 336 g/mol. The molecule has 1 saturated heterocycles. The molecule has 21 heavy (non-hydrogen) atoms. The van der Waals surface area contributed by atoms with Crippen LogP contribution in [0.5, 0.6) is 0 Å². The number of alkyl halides is 6. The maximum Gasteiger partial charge on any atom is 0.418 e. The van der Waals surface area contributed by atoms with Crippen molar-refractivity contribution >= 4 is 10.1 Å². The summed E-state index contributed by atoms with van der Waals surface area (Å²) in [5.41, 5.74) is -5.42. The molecule has 1 atom stereocenters. The molecular formula is C10H6F6O4S. The topological polar surface area (TPSA) is 66.9 Å². The molecule has 0 saturated carbocycles. The molecule has 0 aliphatic carbocycles. The van der Waals surface area contributed by atoms with Gasteiger partial charge in [0.15, 0.2) is 0 Å². The van der Waals surface area contributed by atoms with Crippen molar-refractivity contribution < 1.29 is 44.0 Å². The van der Waals surface area contributed by atoms with Gasteiger partial charge in [-0.3, -0.25) is 4.55 Å². The van der Waals surface area contributed by atoms with E-state index < -0.39 is 50.2 Å². The van der Waals surface area contributed by atoms with Gasteiger partial charge in [-0.25, -0.2) is 0 Å². The van der Waals surface area contributed by atoms with Crippen LogP contribution < -0.4 is 0 Å². The number of ether oxygens (including phenoxy) is 1. The SMILES string of the molecule is O=S(=O)(O)c1ccc(C2CO2)c(C(F)(F)F)c1C(F)(F)F. The van der Waals surface area contributed by atoms with Crippen molar-refractivity contribution in [2.24, 2.45) is 0 Å². The lowest BCUT2D eigenvalue weighted by Crippen LogP contribution is -2.22. The fraction of sp³-hybridized carbons (Fsp3) is 0.400. The summed E-state index contributed by atoms with van der Waals surface area (Å²) in [7, 11) is -5.48. The molecule has 1 aromatic carbocycles. The highest BCUT2D eigenvalue weighted by Gasteiger charge is 2.50. The molecule has 1 N–H and O–H groups in total. The molecule has 118 valence electrons. The zero-order chi connectivity index (χ0) is 16.2. The molecule has 0 spiro atoms. The van der Waals surface area contributed by atoms with Crippen molar-refractivity contribution in [2.75, 3.05) is 6.61 Å². The van der Waals surface area contributed by atoms with Gasteiger partial charge in [-0.2, -0.15) is 34.8 Å². The highest BCUT2D eigenvalue weighted by molar-refractivity contribution is 7.85. The molecule has 0 amide bonds. The lowest BCUT2D eigenvalue weighted by atomic mass is 9.98. The first-order valence-electron chi connectivity index (χ1n) is 5.24. The van der Waals surface area contributed by atoms with Gasteiger partial charge in [0.2, 0.25) is 0 Å². The van der Waals surface area contributed by atoms with Crippen LogP contribution in [0.1, 0.15) is 22.8 Å². The number of benzene rings is 1. The first kappa shape index (κ1) is 16.0. The molecular weight excluding hydrogens is 330 g/mol. The van der Waals surface area contributed by atoms with Gasteiger partial charge in [-0.1, -0.05) is 6.07 Å². The summed E-state index contributed by atoms with van der Waals surface area (Å²) in [5, 5.41) is 0. The zero-order valence-corrected chi connectivity index (χ0v) is 10.6. The average molecular weight is 336 g/mol. The lowest BCUT2D eigenvalue weighted by molar-refractivity contribution is -0.164. The largest absolute Gasteiger partial charge is 0.418 e. The fourth-order valence-corrected chi connectivity index (χ4v) is 2.61. The van der Waals surface area contributed by atoms with Gasteiger partial charge in [-0.05, 0) is 11.6 Å². The molecule has 2 rings (SSSR count). The molecule has 0 radical (unpaired) electrons. The van der Waals surface area contributed by atoms with Crippen LogP contribution in [0.15, 0.2) is 17.0 Å². The normalized spacial score (nSPS) is 19.7. The Morgan fingerprint density at radius 3 is 1.86 bits per heavy atom. The summed E-state index contributed by atoms with van der Waals surface area (Å²) in [5.74, 6) is 0. The standard InChI is InChI=1S/C10H6F6O4S/c11-9(12,13)7-4(5-3-20-5)1-2-6(21(17,18)19)8(7)10(14,15)16/h1-2,5H,3H2,(H,17,18,19). The Labute approximate surface area is 114 Å². The van der Waals surface area contributed by atoms with Gasteiger partial charge in [0.25, 0.3) is 10.1 Å². The average Bonchev–Trinajstić information content (AvgIpc) is 3.06. The van der Waals surface area contributed by atoms with E-state index in [1.165, 1.54) is 0 Å². The van der Waals surface area contributed by atoms with E-state index >= 15 is 0 Å².